The second-order valence-corrected chi connectivity index (χ2v) is 4.82. The lowest BCUT2D eigenvalue weighted by Gasteiger charge is -2.23. The lowest BCUT2D eigenvalue weighted by Crippen LogP contribution is -2.35. The highest BCUT2D eigenvalue weighted by Gasteiger charge is 2.12. The van der Waals surface area contributed by atoms with Gasteiger partial charge in [0, 0.05) is 11.0 Å². The van der Waals surface area contributed by atoms with Gasteiger partial charge in [0.25, 0.3) is 0 Å². The van der Waals surface area contributed by atoms with E-state index in [1.807, 2.05) is 12.1 Å². The zero-order valence-electron chi connectivity index (χ0n) is 8.71. The molecule has 0 unspecified atom stereocenters. The van der Waals surface area contributed by atoms with Crippen molar-refractivity contribution in [2.75, 3.05) is 13.1 Å². The van der Waals surface area contributed by atoms with E-state index >= 15 is 0 Å². The van der Waals surface area contributed by atoms with E-state index in [1.54, 1.807) is 0 Å². The number of ether oxygens (including phenoxy) is 1. The summed E-state index contributed by atoms with van der Waals surface area (Å²) in [5.41, 5.74) is 1.23. The van der Waals surface area contributed by atoms with Crippen molar-refractivity contribution in [2.45, 2.75) is 25.6 Å². The first-order valence-electron chi connectivity index (χ1n) is 5.41. The van der Waals surface area contributed by atoms with Gasteiger partial charge in [-0.3, -0.25) is 0 Å². The molecule has 2 rings (SSSR count). The first-order chi connectivity index (χ1) is 7.34. The van der Waals surface area contributed by atoms with Crippen LogP contribution in [0.4, 0.5) is 0 Å². The number of hydrogen-bond acceptors (Lipinski definition) is 2. The first-order valence-corrected chi connectivity index (χ1v) is 6.20. The lowest BCUT2D eigenvalue weighted by molar-refractivity contribution is 0.0253. The van der Waals surface area contributed by atoms with Crippen LogP contribution in [-0.2, 0) is 11.3 Å². The fraction of sp³-hybridized carbons (Fsp3) is 0.500. The van der Waals surface area contributed by atoms with Crippen molar-refractivity contribution in [3.05, 3.63) is 34.3 Å². The van der Waals surface area contributed by atoms with Crippen molar-refractivity contribution in [3.8, 4) is 0 Å². The van der Waals surface area contributed by atoms with Crippen molar-refractivity contribution in [1.82, 2.24) is 5.32 Å². The first kappa shape index (κ1) is 11.1. The van der Waals surface area contributed by atoms with E-state index in [0.29, 0.717) is 12.7 Å². The number of halogens is 1. The Morgan fingerprint density at radius 3 is 3.13 bits per heavy atom. The van der Waals surface area contributed by atoms with E-state index in [-0.39, 0.29) is 0 Å². The van der Waals surface area contributed by atoms with Crippen LogP contribution in [0.1, 0.15) is 18.4 Å². The summed E-state index contributed by atoms with van der Waals surface area (Å²) in [7, 11) is 0. The van der Waals surface area contributed by atoms with Gasteiger partial charge in [0.15, 0.2) is 0 Å². The highest BCUT2D eigenvalue weighted by atomic mass is 79.9. The second kappa shape index (κ2) is 5.64. The van der Waals surface area contributed by atoms with Crippen LogP contribution in [0.2, 0.25) is 0 Å². The summed E-state index contributed by atoms with van der Waals surface area (Å²) in [6.07, 6.45) is 2.79. The third-order valence-electron chi connectivity index (χ3n) is 2.63. The summed E-state index contributed by atoms with van der Waals surface area (Å²) >= 11 is 3.46. The van der Waals surface area contributed by atoms with Gasteiger partial charge in [-0.25, -0.2) is 0 Å². The largest absolute Gasteiger partial charge is 0.372 e. The Morgan fingerprint density at radius 2 is 2.40 bits per heavy atom. The van der Waals surface area contributed by atoms with E-state index in [1.165, 1.54) is 18.4 Å². The Morgan fingerprint density at radius 1 is 1.47 bits per heavy atom. The third-order valence-corrected chi connectivity index (χ3v) is 3.12. The molecule has 0 saturated carbocycles. The van der Waals surface area contributed by atoms with E-state index < -0.39 is 0 Å². The van der Waals surface area contributed by atoms with Crippen LogP contribution in [0, 0.1) is 0 Å². The Hall–Kier alpha value is -0.380. The monoisotopic (exact) mass is 269 g/mol. The molecule has 2 nitrogen and oxygen atoms in total. The Balaban J connectivity index is 1.81. The molecule has 1 aliphatic rings. The van der Waals surface area contributed by atoms with Crippen LogP contribution >= 0.6 is 15.9 Å². The SMILES string of the molecule is Brc1cccc(CO[C@H]2CCCNC2)c1. The maximum Gasteiger partial charge on any atom is 0.0721 e. The lowest BCUT2D eigenvalue weighted by atomic mass is 10.1. The molecule has 1 aromatic rings. The number of rotatable bonds is 3. The number of nitrogens with one attached hydrogen (secondary N) is 1. The number of hydrogen-bond donors (Lipinski definition) is 1. The summed E-state index contributed by atoms with van der Waals surface area (Å²) in [5, 5.41) is 3.35. The summed E-state index contributed by atoms with van der Waals surface area (Å²) in [6, 6.07) is 8.28. The Bertz CT molecular complexity index is 310. The molecule has 1 heterocycles. The molecule has 1 fully saturated rings. The van der Waals surface area contributed by atoms with Gasteiger partial charge in [-0.05, 0) is 37.1 Å². The zero-order chi connectivity index (χ0) is 10.5. The highest BCUT2D eigenvalue weighted by Crippen LogP contribution is 2.14. The molecule has 0 aromatic heterocycles. The van der Waals surface area contributed by atoms with E-state index in [4.69, 9.17) is 4.74 Å². The molecule has 1 atom stereocenters. The van der Waals surface area contributed by atoms with E-state index in [0.717, 1.165) is 17.6 Å². The molecule has 0 spiro atoms. The smallest absolute Gasteiger partial charge is 0.0721 e. The van der Waals surface area contributed by atoms with Gasteiger partial charge in [-0.15, -0.1) is 0 Å². The molecule has 15 heavy (non-hydrogen) atoms. The standard InChI is InChI=1S/C12H16BrNO/c13-11-4-1-3-10(7-11)9-15-12-5-2-6-14-8-12/h1,3-4,7,12,14H,2,5-6,8-9H2/t12-/m0/s1. The fourth-order valence-corrected chi connectivity index (χ4v) is 2.25. The molecule has 0 radical (unpaired) electrons. The average Bonchev–Trinajstić information content (AvgIpc) is 2.28. The summed E-state index contributed by atoms with van der Waals surface area (Å²) < 4.78 is 6.96. The topological polar surface area (TPSA) is 21.3 Å². The molecule has 0 bridgehead atoms. The molecule has 1 aromatic carbocycles. The third kappa shape index (κ3) is 3.59. The summed E-state index contributed by atoms with van der Waals surface area (Å²) in [5.74, 6) is 0. The van der Waals surface area contributed by atoms with Crippen molar-refractivity contribution < 1.29 is 4.74 Å². The molecular formula is C12H16BrNO. The average molecular weight is 270 g/mol. The van der Waals surface area contributed by atoms with Gasteiger partial charge < -0.3 is 10.1 Å². The maximum absolute atomic E-state index is 5.84. The van der Waals surface area contributed by atoms with Crippen LogP contribution in [0.15, 0.2) is 28.7 Å². The van der Waals surface area contributed by atoms with E-state index in [9.17, 15) is 0 Å². The van der Waals surface area contributed by atoms with Gasteiger partial charge in [0.1, 0.15) is 0 Å². The number of benzene rings is 1. The van der Waals surface area contributed by atoms with E-state index in [2.05, 4.69) is 33.4 Å². The molecule has 0 aliphatic carbocycles. The van der Waals surface area contributed by atoms with Crippen LogP contribution in [0.3, 0.4) is 0 Å². The van der Waals surface area contributed by atoms with Gasteiger partial charge in [0.2, 0.25) is 0 Å². The second-order valence-electron chi connectivity index (χ2n) is 3.91. The maximum atomic E-state index is 5.84. The molecule has 0 amide bonds. The fourth-order valence-electron chi connectivity index (χ4n) is 1.80. The van der Waals surface area contributed by atoms with Crippen molar-refractivity contribution >= 4 is 15.9 Å². The van der Waals surface area contributed by atoms with Crippen LogP contribution < -0.4 is 5.32 Å². The molecule has 82 valence electrons. The predicted molar refractivity (Wildman–Crippen MR) is 64.8 cm³/mol. The zero-order valence-corrected chi connectivity index (χ0v) is 10.3. The Labute approximate surface area is 99.1 Å². The van der Waals surface area contributed by atoms with Gasteiger partial charge in [0.05, 0.1) is 12.7 Å². The van der Waals surface area contributed by atoms with Gasteiger partial charge >= 0.3 is 0 Å². The normalized spacial score (nSPS) is 21.5. The van der Waals surface area contributed by atoms with Crippen LogP contribution in [-0.4, -0.2) is 19.2 Å². The van der Waals surface area contributed by atoms with Crippen LogP contribution in [0.5, 0.6) is 0 Å². The van der Waals surface area contributed by atoms with Gasteiger partial charge in [-0.1, -0.05) is 28.1 Å². The highest BCUT2D eigenvalue weighted by molar-refractivity contribution is 9.10. The van der Waals surface area contributed by atoms with Crippen molar-refractivity contribution in [2.24, 2.45) is 0 Å². The molecular weight excluding hydrogens is 254 g/mol. The van der Waals surface area contributed by atoms with Crippen molar-refractivity contribution in [3.63, 3.8) is 0 Å². The Kier molecular flexibility index (Phi) is 4.18. The van der Waals surface area contributed by atoms with Crippen LogP contribution in [0.25, 0.3) is 0 Å². The minimum atomic E-state index is 0.387. The minimum Gasteiger partial charge on any atom is -0.372 e. The quantitative estimate of drug-likeness (QED) is 0.911. The molecule has 3 heteroatoms. The summed E-state index contributed by atoms with van der Waals surface area (Å²) in [6.45, 7) is 2.84. The predicted octanol–water partition coefficient (Wildman–Crippen LogP) is 2.72. The minimum absolute atomic E-state index is 0.387. The number of piperidine rings is 1. The molecule has 1 N–H and O–H groups in total. The van der Waals surface area contributed by atoms with Crippen molar-refractivity contribution in [1.29, 1.82) is 0 Å². The molecule has 1 aliphatic heterocycles. The molecule has 1 saturated heterocycles. The summed E-state index contributed by atoms with van der Waals surface area (Å²) in [4.78, 5) is 0. The van der Waals surface area contributed by atoms with Gasteiger partial charge in [-0.2, -0.15) is 0 Å².